The highest BCUT2D eigenvalue weighted by Crippen LogP contribution is 2.37. The number of amides is 1. The van der Waals surface area contributed by atoms with Crippen molar-refractivity contribution in [3.63, 3.8) is 0 Å². The lowest BCUT2D eigenvalue weighted by atomic mass is 10.2. The van der Waals surface area contributed by atoms with Gasteiger partial charge in [-0.1, -0.05) is 65.4 Å². The van der Waals surface area contributed by atoms with Gasteiger partial charge < -0.3 is 4.42 Å². The number of hydrogen-bond donors (Lipinski definition) is 0. The number of thioether (sulfide) groups is 1. The first-order valence-electron chi connectivity index (χ1n) is 10.4. The number of rotatable bonds is 4. The Morgan fingerprint density at radius 3 is 2.37 bits per heavy atom. The zero-order valence-corrected chi connectivity index (χ0v) is 21.6. The first-order valence-corrected chi connectivity index (χ1v) is 12.4. The van der Waals surface area contributed by atoms with E-state index in [0.29, 0.717) is 37.9 Å². The van der Waals surface area contributed by atoms with Crippen LogP contribution >= 0.6 is 47.2 Å². The number of nitrogens with zero attached hydrogens (tertiary/aromatic N) is 3. The maximum atomic E-state index is 13.4. The molecule has 1 amide bonds. The summed E-state index contributed by atoms with van der Waals surface area (Å²) in [5, 5.41) is 0.983. The van der Waals surface area contributed by atoms with E-state index in [-0.39, 0.29) is 21.5 Å². The Balaban J connectivity index is 1.49. The van der Waals surface area contributed by atoms with E-state index in [1.165, 1.54) is 9.58 Å². The molecule has 6 nitrogen and oxygen atoms in total. The van der Waals surface area contributed by atoms with Crippen molar-refractivity contribution in [2.45, 2.75) is 6.92 Å². The van der Waals surface area contributed by atoms with Gasteiger partial charge in [0.05, 0.1) is 16.3 Å². The highest BCUT2D eigenvalue weighted by Gasteiger charge is 2.38. The second-order valence-corrected chi connectivity index (χ2v) is 10.3. The molecule has 0 atom stereocenters. The molecule has 2 aromatic heterocycles. The van der Waals surface area contributed by atoms with Crippen LogP contribution in [0.5, 0.6) is 0 Å². The Kier molecular flexibility index (Phi) is 6.23. The van der Waals surface area contributed by atoms with Crippen LogP contribution in [0.15, 0.2) is 74.8 Å². The fourth-order valence-corrected chi connectivity index (χ4v) is 5.66. The molecular weight excluding hydrogens is 525 g/mol. The van der Waals surface area contributed by atoms with Crippen LogP contribution in [0.25, 0.3) is 23.1 Å². The normalized spacial score (nSPS) is 15.0. The van der Waals surface area contributed by atoms with Crippen molar-refractivity contribution in [3.8, 4) is 17.0 Å². The van der Waals surface area contributed by atoms with Crippen LogP contribution in [0.1, 0.15) is 11.5 Å². The second kappa shape index (κ2) is 9.20. The molecule has 0 N–H and O–H groups in total. The summed E-state index contributed by atoms with van der Waals surface area (Å²) in [6.45, 7) is 1.79. The summed E-state index contributed by atoms with van der Waals surface area (Å²) in [5.74, 6) is 0.638. The van der Waals surface area contributed by atoms with Crippen molar-refractivity contribution in [1.29, 1.82) is 0 Å². The minimum absolute atomic E-state index is 0.232. The van der Waals surface area contributed by atoms with Crippen molar-refractivity contribution in [1.82, 2.24) is 9.36 Å². The van der Waals surface area contributed by atoms with Gasteiger partial charge in [-0.15, -0.1) is 0 Å². The first-order chi connectivity index (χ1) is 16.7. The van der Waals surface area contributed by atoms with E-state index >= 15 is 0 Å². The number of hydrogen-bond acceptors (Lipinski definition) is 5. The van der Waals surface area contributed by atoms with Crippen LogP contribution in [-0.2, 0) is 11.8 Å². The van der Waals surface area contributed by atoms with Gasteiger partial charge in [0.25, 0.3) is 11.5 Å². The minimum Gasteiger partial charge on any atom is -0.457 e. The van der Waals surface area contributed by atoms with Crippen LogP contribution < -0.4 is 10.5 Å². The Morgan fingerprint density at radius 2 is 1.69 bits per heavy atom. The van der Waals surface area contributed by atoms with E-state index in [2.05, 4.69) is 0 Å². The van der Waals surface area contributed by atoms with Crippen molar-refractivity contribution in [3.05, 3.63) is 97.4 Å². The summed E-state index contributed by atoms with van der Waals surface area (Å²) < 4.78 is 9.41. The fourth-order valence-electron chi connectivity index (χ4n) is 3.88. The molecule has 1 aliphatic rings. The molecule has 0 bridgehead atoms. The molecule has 4 aromatic rings. The Morgan fingerprint density at radius 1 is 1.00 bits per heavy atom. The summed E-state index contributed by atoms with van der Waals surface area (Å²) in [6.07, 6.45) is 1.61. The molecule has 0 saturated carbocycles. The van der Waals surface area contributed by atoms with Gasteiger partial charge >= 0.3 is 0 Å². The Bertz CT molecular complexity index is 1560. The molecule has 0 unspecified atom stereocenters. The minimum atomic E-state index is -0.380. The maximum absolute atomic E-state index is 13.4. The molecule has 176 valence electrons. The van der Waals surface area contributed by atoms with Gasteiger partial charge in [0.1, 0.15) is 17.2 Å². The third kappa shape index (κ3) is 4.27. The lowest BCUT2D eigenvalue weighted by Crippen LogP contribution is -2.33. The highest BCUT2D eigenvalue weighted by molar-refractivity contribution is 8.27. The molecule has 10 heteroatoms. The van der Waals surface area contributed by atoms with Gasteiger partial charge in [-0.25, -0.2) is 4.68 Å². The molecular formula is C25H17Cl2N3O3S2. The molecule has 0 radical (unpaired) electrons. The molecule has 0 aliphatic carbocycles. The molecule has 0 spiro atoms. The van der Waals surface area contributed by atoms with Crippen molar-refractivity contribution < 1.29 is 9.21 Å². The smallest absolute Gasteiger partial charge is 0.296 e. The third-order valence-electron chi connectivity index (χ3n) is 5.59. The van der Waals surface area contributed by atoms with E-state index in [0.717, 1.165) is 17.3 Å². The number of aromatic nitrogens is 2. The van der Waals surface area contributed by atoms with Gasteiger partial charge in [-0.05, 0) is 49.4 Å². The number of carbonyl (C=O) groups excluding carboxylic acids is 1. The summed E-state index contributed by atoms with van der Waals surface area (Å²) in [4.78, 5) is 28.4. The average Bonchev–Trinajstić information content (AvgIpc) is 3.45. The average molecular weight is 542 g/mol. The zero-order chi connectivity index (χ0) is 24.9. The Labute approximate surface area is 220 Å². The Hall–Kier alpha value is -3.04. The first kappa shape index (κ1) is 23.7. The van der Waals surface area contributed by atoms with E-state index in [4.69, 9.17) is 39.8 Å². The molecule has 3 heterocycles. The van der Waals surface area contributed by atoms with E-state index in [1.54, 1.807) is 55.1 Å². The van der Waals surface area contributed by atoms with Gasteiger partial charge in [0.15, 0.2) is 4.32 Å². The number of carbonyl (C=O) groups is 1. The summed E-state index contributed by atoms with van der Waals surface area (Å²) in [6, 6.07) is 17.9. The molecule has 2 aromatic carbocycles. The van der Waals surface area contributed by atoms with Crippen LogP contribution in [0.3, 0.4) is 0 Å². The summed E-state index contributed by atoms with van der Waals surface area (Å²) in [5.41, 5.74) is 1.94. The van der Waals surface area contributed by atoms with Crippen molar-refractivity contribution in [2.24, 2.45) is 7.05 Å². The van der Waals surface area contributed by atoms with Gasteiger partial charge in [-0.3, -0.25) is 19.2 Å². The van der Waals surface area contributed by atoms with Crippen LogP contribution in [0.2, 0.25) is 10.0 Å². The van der Waals surface area contributed by atoms with Gasteiger partial charge in [0.2, 0.25) is 0 Å². The number of halogens is 2. The number of anilines is 1. The van der Waals surface area contributed by atoms with Crippen LogP contribution in [0, 0.1) is 6.92 Å². The van der Waals surface area contributed by atoms with Crippen molar-refractivity contribution in [2.75, 3.05) is 4.90 Å². The van der Waals surface area contributed by atoms with E-state index < -0.39 is 0 Å². The van der Waals surface area contributed by atoms with E-state index in [1.807, 2.05) is 30.3 Å². The predicted molar refractivity (Wildman–Crippen MR) is 146 cm³/mol. The van der Waals surface area contributed by atoms with Gasteiger partial charge in [-0.2, -0.15) is 0 Å². The molecule has 1 aliphatic heterocycles. The predicted octanol–water partition coefficient (Wildman–Crippen LogP) is 6.46. The molecule has 1 saturated heterocycles. The number of furan rings is 1. The largest absolute Gasteiger partial charge is 0.457 e. The topological polar surface area (TPSA) is 60.4 Å². The second-order valence-electron chi connectivity index (χ2n) is 7.79. The maximum Gasteiger partial charge on any atom is 0.296 e. The van der Waals surface area contributed by atoms with Crippen LogP contribution in [-0.4, -0.2) is 19.6 Å². The summed E-state index contributed by atoms with van der Waals surface area (Å²) >= 11 is 18.8. The SMILES string of the molecule is Cc1c(N2C(=O)C(=Cc3ccc(-c4cc(Cl)cc(Cl)c4)o3)SC2=S)c(=O)n(-c2ccccc2)n1C. The fraction of sp³-hybridized carbons (Fsp3) is 0.0800. The molecule has 5 rings (SSSR count). The molecule has 35 heavy (non-hydrogen) atoms. The lowest BCUT2D eigenvalue weighted by molar-refractivity contribution is -0.113. The quantitative estimate of drug-likeness (QED) is 0.219. The number of thiocarbonyl (C=S) groups is 1. The van der Waals surface area contributed by atoms with Crippen molar-refractivity contribution >= 4 is 69.2 Å². The molecule has 1 fully saturated rings. The number of para-hydroxylation sites is 1. The zero-order valence-electron chi connectivity index (χ0n) is 18.5. The number of benzene rings is 2. The highest BCUT2D eigenvalue weighted by atomic mass is 35.5. The van der Waals surface area contributed by atoms with Crippen LogP contribution in [0.4, 0.5) is 5.69 Å². The lowest BCUT2D eigenvalue weighted by Gasteiger charge is -2.12. The summed E-state index contributed by atoms with van der Waals surface area (Å²) in [7, 11) is 1.77. The third-order valence-corrected chi connectivity index (χ3v) is 7.33. The van der Waals surface area contributed by atoms with Gasteiger partial charge in [0, 0.05) is 28.7 Å². The monoisotopic (exact) mass is 541 g/mol. The standard InChI is InChI=1S/C25H17Cl2N3O3S2/c1-14-22(24(32)30(28(14)2)18-6-4-3-5-7-18)29-23(31)21(35-25(29)34)13-19-8-9-20(33-19)15-10-16(26)12-17(27)11-15/h3-13H,1-2H3. The van der Waals surface area contributed by atoms with E-state index in [9.17, 15) is 9.59 Å².